The normalized spacial score (nSPS) is 8.89. The van der Waals surface area contributed by atoms with Crippen molar-refractivity contribution in [2.45, 2.75) is 0 Å². The zero-order valence-corrected chi connectivity index (χ0v) is 9.38. The molecule has 0 aromatic heterocycles. The second-order valence-electron chi connectivity index (χ2n) is 3.41. The number of benzene rings is 2. The van der Waals surface area contributed by atoms with E-state index in [0.717, 1.165) is 11.5 Å². The van der Waals surface area contributed by atoms with Crippen molar-refractivity contribution < 1.29 is 9.47 Å². The Morgan fingerprint density at radius 1 is 0.833 bits per heavy atom. The average molecular weight is 249 g/mol. The summed E-state index contributed by atoms with van der Waals surface area (Å²) in [5.74, 6) is 2.22. The molecule has 0 saturated carbocycles. The van der Waals surface area contributed by atoms with Crippen molar-refractivity contribution in [3.05, 3.63) is 54.1 Å². The zero-order chi connectivity index (χ0) is 12.1. The van der Waals surface area contributed by atoms with Crippen LogP contribution in [0.5, 0.6) is 17.2 Å². The van der Waals surface area contributed by atoms with Gasteiger partial charge in [-0.2, -0.15) is 5.26 Å². The van der Waals surface area contributed by atoms with Crippen LogP contribution in [-0.4, -0.2) is 36.7 Å². The Hall–Kier alpha value is -1.47. The van der Waals surface area contributed by atoms with Gasteiger partial charge in [0.05, 0.1) is 18.7 Å². The van der Waals surface area contributed by atoms with Crippen LogP contribution in [0, 0.1) is 11.3 Å². The molecule has 0 aliphatic carbocycles. The molecule has 0 atom stereocenters. The van der Waals surface area contributed by atoms with Crippen LogP contribution < -0.4 is 9.47 Å². The van der Waals surface area contributed by atoms with Crippen molar-refractivity contribution in [2.75, 3.05) is 7.11 Å². The van der Waals surface area contributed by atoms with Gasteiger partial charge >= 0.3 is 29.6 Å². The molecule has 0 amide bonds. The van der Waals surface area contributed by atoms with E-state index in [0.29, 0.717) is 11.3 Å². The number of hydrogen-bond donors (Lipinski definition) is 0. The molecule has 0 fully saturated rings. The Labute approximate surface area is 128 Å². The summed E-state index contributed by atoms with van der Waals surface area (Å²) in [5, 5.41) is 8.67. The van der Waals surface area contributed by atoms with Crippen LogP contribution in [-0.2, 0) is 0 Å². The summed E-state index contributed by atoms with van der Waals surface area (Å²) in [4.78, 5) is 0. The number of hydrogen-bond acceptors (Lipinski definition) is 3. The molecule has 0 spiro atoms. The van der Waals surface area contributed by atoms with Gasteiger partial charge in [-0.15, -0.1) is 0 Å². The second kappa shape index (κ2) is 7.07. The Morgan fingerprint density at radius 2 is 1.28 bits per heavy atom. The number of nitrogens with zero attached hydrogens (tertiary/aromatic N) is 1. The monoisotopic (exact) mass is 249 g/mol. The molecule has 86 valence electrons. The second-order valence-corrected chi connectivity index (χ2v) is 3.41. The molecule has 2 aromatic carbocycles. The van der Waals surface area contributed by atoms with Crippen LogP contribution in [0.15, 0.2) is 48.5 Å². The molecule has 0 saturated heterocycles. The average Bonchev–Trinajstić information content (AvgIpc) is 2.40. The van der Waals surface area contributed by atoms with Gasteiger partial charge in [0.1, 0.15) is 17.2 Å². The fourth-order valence-electron chi connectivity index (χ4n) is 1.38. The predicted molar refractivity (Wildman–Crippen MR) is 71.4 cm³/mol. The molecule has 0 aliphatic rings. The molecule has 0 heterocycles. The Bertz CT molecular complexity index is 529. The molecule has 4 heteroatoms. The van der Waals surface area contributed by atoms with E-state index in [2.05, 4.69) is 6.07 Å². The first kappa shape index (κ1) is 14.6. The predicted octanol–water partition coefficient (Wildman–Crippen LogP) is 2.71. The summed E-state index contributed by atoms with van der Waals surface area (Å²) in [6.45, 7) is 0. The van der Waals surface area contributed by atoms with Crippen LogP contribution in [0.25, 0.3) is 0 Å². The zero-order valence-electron chi connectivity index (χ0n) is 9.38. The van der Waals surface area contributed by atoms with Gasteiger partial charge < -0.3 is 9.47 Å². The number of rotatable bonds is 3. The summed E-state index contributed by atoms with van der Waals surface area (Å²) in [6.07, 6.45) is 0. The van der Waals surface area contributed by atoms with Crippen LogP contribution in [0.2, 0.25) is 0 Å². The van der Waals surface area contributed by atoms with Gasteiger partial charge in [0.25, 0.3) is 0 Å². The third-order valence-electron chi connectivity index (χ3n) is 2.28. The Morgan fingerprint density at radius 3 is 1.72 bits per heavy atom. The van der Waals surface area contributed by atoms with Crippen molar-refractivity contribution in [3.63, 3.8) is 0 Å². The molecule has 2 rings (SSSR count). The quantitative estimate of drug-likeness (QED) is 0.785. The summed E-state index contributed by atoms with van der Waals surface area (Å²) in [6, 6.07) is 16.4. The molecule has 0 aliphatic heterocycles. The van der Waals surface area contributed by atoms with E-state index >= 15 is 0 Å². The molecule has 3 nitrogen and oxygen atoms in total. The van der Waals surface area contributed by atoms with Crippen molar-refractivity contribution in [2.24, 2.45) is 0 Å². The molecule has 2 aromatic rings. The molecule has 0 radical (unpaired) electrons. The fraction of sp³-hybridized carbons (Fsp3) is 0.0714. The first-order valence-corrected chi connectivity index (χ1v) is 5.14. The van der Waals surface area contributed by atoms with Gasteiger partial charge in [0.2, 0.25) is 0 Å². The third kappa shape index (κ3) is 3.78. The van der Waals surface area contributed by atoms with Crippen molar-refractivity contribution in [1.29, 1.82) is 5.26 Å². The summed E-state index contributed by atoms with van der Waals surface area (Å²) < 4.78 is 10.7. The van der Waals surface area contributed by atoms with Gasteiger partial charge in [-0.3, -0.25) is 0 Å². The summed E-state index contributed by atoms with van der Waals surface area (Å²) in [7, 11) is 1.62. The Kier molecular flexibility index (Phi) is 5.73. The maximum absolute atomic E-state index is 8.67. The van der Waals surface area contributed by atoms with Crippen LogP contribution in [0.4, 0.5) is 0 Å². The van der Waals surface area contributed by atoms with E-state index in [1.807, 2.05) is 24.3 Å². The van der Waals surface area contributed by atoms with Crippen molar-refractivity contribution in [3.8, 4) is 23.3 Å². The van der Waals surface area contributed by atoms with Gasteiger partial charge in [-0.1, -0.05) is 0 Å². The van der Waals surface area contributed by atoms with Crippen LogP contribution in [0.1, 0.15) is 5.56 Å². The van der Waals surface area contributed by atoms with E-state index in [-0.39, 0.29) is 29.6 Å². The van der Waals surface area contributed by atoms with E-state index in [1.165, 1.54) is 0 Å². The van der Waals surface area contributed by atoms with E-state index < -0.39 is 0 Å². The molecule has 0 bridgehead atoms. The van der Waals surface area contributed by atoms with Crippen molar-refractivity contribution in [1.82, 2.24) is 0 Å². The summed E-state index contributed by atoms with van der Waals surface area (Å²) in [5.41, 5.74) is 0.618. The van der Waals surface area contributed by atoms with E-state index in [9.17, 15) is 0 Å². The first-order chi connectivity index (χ1) is 8.31. The van der Waals surface area contributed by atoms with E-state index in [4.69, 9.17) is 14.7 Å². The summed E-state index contributed by atoms with van der Waals surface area (Å²) >= 11 is 0. The number of methoxy groups -OCH3 is 1. The number of ether oxygens (including phenoxy) is 2. The van der Waals surface area contributed by atoms with Gasteiger partial charge in [-0.05, 0) is 48.5 Å². The molecule has 0 unspecified atom stereocenters. The topological polar surface area (TPSA) is 42.2 Å². The van der Waals surface area contributed by atoms with Gasteiger partial charge in [0, 0.05) is 0 Å². The number of nitriles is 1. The minimum atomic E-state index is 0. The van der Waals surface area contributed by atoms with Gasteiger partial charge in [-0.25, -0.2) is 0 Å². The standard InChI is InChI=1S/C14H11NO2.Na.H/c1-16-12-6-8-14(9-7-12)17-13-4-2-11(10-15)3-5-13;;/h2-9H,1H3;;. The molecular weight excluding hydrogens is 237 g/mol. The van der Waals surface area contributed by atoms with Crippen molar-refractivity contribution >= 4 is 29.6 Å². The van der Waals surface area contributed by atoms with Gasteiger partial charge in [0.15, 0.2) is 0 Å². The minimum absolute atomic E-state index is 0. The van der Waals surface area contributed by atoms with Crippen LogP contribution >= 0.6 is 0 Å². The fourth-order valence-corrected chi connectivity index (χ4v) is 1.38. The van der Waals surface area contributed by atoms with E-state index in [1.54, 1.807) is 31.4 Å². The first-order valence-electron chi connectivity index (χ1n) is 5.14. The van der Waals surface area contributed by atoms with Crippen LogP contribution in [0.3, 0.4) is 0 Å². The maximum atomic E-state index is 8.67. The SMILES string of the molecule is COc1ccc(Oc2ccc(C#N)cc2)cc1.[NaH]. The molecular formula is C14H12NNaO2. The molecule has 18 heavy (non-hydrogen) atoms. The Balaban J connectivity index is 0.00000162. The molecule has 0 N–H and O–H groups in total. The third-order valence-corrected chi connectivity index (χ3v) is 2.28.